The quantitative estimate of drug-likeness (QED) is 0.425. The predicted molar refractivity (Wildman–Crippen MR) is 93.0 cm³/mol. The fourth-order valence-corrected chi connectivity index (χ4v) is 2.50. The minimum atomic E-state index is 0.537. The second-order valence-corrected chi connectivity index (χ2v) is 5.61. The van der Waals surface area contributed by atoms with Crippen LogP contribution in [0.2, 0.25) is 0 Å². The van der Waals surface area contributed by atoms with E-state index in [1.54, 1.807) is 6.26 Å². The van der Waals surface area contributed by atoms with Gasteiger partial charge in [0.15, 0.2) is 0 Å². The minimum Gasteiger partial charge on any atom is -0.502 e. The van der Waals surface area contributed by atoms with E-state index in [-0.39, 0.29) is 0 Å². The number of ether oxygens (including phenoxy) is 1. The number of anilines is 1. The summed E-state index contributed by atoms with van der Waals surface area (Å²) >= 11 is 0. The van der Waals surface area contributed by atoms with Gasteiger partial charge in [-0.1, -0.05) is 39.0 Å². The fraction of sp³-hybridized carbons (Fsp3) is 0.579. The van der Waals surface area contributed by atoms with Gasteiger partial charge in [0.2, 0.25) is 0 Å². The van der Waals surface area contributed by atoms with Gasteiger partial charge in [0.05, 0.1) is 12.9 Å². The monoisotopic (exact) mass is 289 g/mol. The highest BCUT2D eigenvalue weighted by molar-refractivity contribution is 5.48. The standard InChI is InChI=1S/C19H31NO/c1-5-13-20(14-6-2)19-10-8-18(9-11-19)17(4)12-16-21-15-7-3/h7-11,15,17H,5-6,12-14,16H2,1-4H3. The summed E-state index contributed by atoms with van der Waals surface area (Å²) in [5.41, 5.74) is 2.75. The van der Waals surface area contributed by atoms with Crippen LogP contribution >= 0.6 is 0 Å². The molecule has 1 aromatic rings. The van der Waals surface area contributed by atoms with Crippen molar-refractivity contribution < 1.29 is 4.74 Å². The van der Waals surface area contributed by atoms with Gasteiger partial charge in [-0.15, -0.1) is 0 Å². The highest BCUT2D eigenvalue weighted by Crippen LogP contribution is 2.23. The van der Waals surface area contributed by atoms with Crippen LogP contribution in [-0.4, -0.2) is 19.7 Å². The van der Waals surface area contributed by atoms with Crippen LogP contribution in [0, 0.1) is 0 Å². The summed E-state index contributed by atoms with van der Waals surface area (Å²) in [5, 5.41) is 0. The third kappa shape index (κ3) is 6.24. The average Bonchev–Trinajstić information content (AvgIpc) is 2.51. The zero-order chi connectivity index (χ0) is 15.5. The number of nitrogens with zero attached hydrogens (tertiary/aromatic N) is 1. The summed E-state index contributed by atoms with van der Waals surface area (Å²) in [7, 11) is 0. The summed E-state index contributed by atoms with van der Waals surface area (Å²) in [4.78, 5) is 2.48. The summed E-state index contributed by atoms with van der Waals surface area (Å²) in [6.45, 7) is 11.8. The first kappa shape index (κ1) is 17.6. The van der Waals surface area contributed by atoms with Crippen LogP contribution in [0.4, 0.5) is 5.69 Å². The molecule has 0 amide bonds. The Balaban J connectivity index is 2.58. The first-order valence-corrected chi connectivity index (χ1v) is 8.30. The molecule has 0 aliphatic heterocycles. The summed E-state index contributed by atoms with van der Waals surface area (Å²) in [6.07, 6.45) is 7.14. The van der Waals surface area contributed by atoms with Gasteiger partial charge >= 0.3 is 0 Å². The summed E-state index contributed by atoms with van der Waals surface area (Å²) in [6, 6.07) is 9.08. The van der Waals surface area contributed by atoms with Crippen LogP contribution in [0.3, 0.4) is 0 Å². The van der Waals surface area contributed by atoms with Gasteiger partial charge in [-0.05, 0) is 49.8 Å². The lowest BCUT2D eigenvalue weighted by Crippen LogP contribution is -2.24. The third-order valence-electron chi connectivity index (χ3n) is 3.72. The lowest BCUT2D eigenvalue weighted by molar-refractivity contribution is 0.237. The zero-order valence-electron chi connectivity index (χ0n) is 14.1. The Kier molecular flexibility index (Phi) is 8.65. The van der Waals surface area contributed by atoms with Crippen LogP contribution in [0.5, 0.6) is 0 Å². The molecule has 0 saturated heterocycles. The van der Waals surface area contributed by atoms with E-state index in [0.29, 0.717) is 5.92 Å². The van der Waals surface area contributed by atoms with Gasteiger partial charge in [0.25, 0.3) is 0 Å². The maximum absolute atomic E-state index is 5.41. The van der Waals surface area contributed by atoms with Crippen molar-refractivity contribution in [3.8, 4) is 0 Å². The highest BCUT2D eigenvalue weighted by atomic mass is 16.5. The summed E-state index contributed by atoms with van der Waals surface area (Å²) < 4.78 is 5.41. The maximum Gasteiger partial charge on any atom is 0.0878 e. The van der Waals surface area contributed by atoms with Crippen LogP contribution < -0.4 is 4.90 Å². The van der Waals surface area contributed by atoms with Crippen LogP contribution in [-0.2, 0) is 4.74 Å². The molecule has 1 atom stereocenters. The molecule has 2 nitrogen and oxygen atoms in total. The topological polar surface area (TPSA) is 12.5 Å². The molecule has 0 aromatic heterocycles. The number of allylic oxidation sites excluding steroid dienone is 1. The van der Waals surface area contributed by atoms with Gasteiger partial charge in [-0.25, -0.2) is 0 Å². The Morgan fingerprint density at radius 1 is 1.10 bits per heavy atom. The van der Waals surface area contributed by atoms with Gasteiger partial charge in [0, 0.05) is 18.8 Å². The van der Waals surface area contributed by atoms with Gasteiger partial charge in [-0.3, -0.25) is 0 Å². The third-order valence-corrected chi connectivity index (χ3v) is 3.72. The highest BCUT2D eigenvalue weighted by Gasteiger charge is 2.08. The van der Waals surface area contributed by atoms with Crippen molar-refractivity contribution in [2.24, 2.45) is 0 Å². The van der Waals surface area contributed by atoms with Crippen molar-refractivity contribution in [3.05, 3.63) is 42.2 Å². The van der Waals surface area contributed by atoms with Gasteiger partial charge in [0.1, 0.15) is 0 Å². The SMILES string of the molecule is CC=COCCC(C)c1ccc(N(CCC)CCC)cc1. The van der Waals surface area contributed by atoms with Crippen LogP contribution in [0.25, 0.3) is 0 Å². The second kappa shape index (κ2) is 10.3. The molecule has 0 N–H and O–H groups in total. The largest absolute Gasteiger partial charge is 0.502 e. The van der Waals surface area contributed by atoms with E-state index < -0.39 is 0 Å². The fourth-order valence-electron chi connectivity index (χ4n) is 2.50. The predicted octanol–water partition coefficient (Wildman–Crippen LogP) is 5.36. The molecule has 2 heteroatoms. The van der Waals surface area contributed by atoms with Crippen molar-refractivity contribution in [1.29, 1.82) is 0 Å². The number of benzene rings is 1. The van der Waals surface area contributed by atoms with E-state index in [0.717, 1.165) is 26.1 Å². The van der Waals surface area contributed by atoms with Crippen molar-refractivity contribution >= 4 is 5.69 Å². The molecule has 0 spiro atoms. The van der Waals surface area contributed by atoms with E-state index in [9.17, 15) is 0 Å². The molecule has 21 heavy (non-hydrogen) atoms. The van der Waals surface area contributed by atoms with Gasteiger partial charge < -0.3 is 9.64 Å². The van der Waals surface area contributed by atoms with E-state index >= 15 is 0 Å². The maximum atomic E-state index is 5.41. The van der Waals surface area contributed by atoms with Crippen LogP contribution in [0.1, 0.15) is 58.4 Å². The lowest BCUT2D eigenvalue weighted by atomic mass is 9.98. The minimum absolute atomic E-state index is 0.537. The number of hydrogen-bond donors (Lipinski definition) is 0. The Bertz CT molecular complexity index is 391. The first-order chi connectivity index (χ1) is 10.2. The smallest absolute Gasteiger partial charge is 0.0878 e. The molecule has 1 aromatic carbocycles. The molecule has 0 radical (unpaired) electrons. The lowest BCUT2D eigenvalue weighted by Gasteiger charge is -2.24. The molecular weight excluding hydrogens is 258 g/mol. The Morgan fingerprint density at radius 3 is 2.24 bits per heavy atom. The Morgan fingerprint density at radius 2 is 1.71 bits per heavy atom. The van der Waals surface area contributed by atoms with Gasteiger partial charge in [-0.2, -0.15) is 0 Å². The van der Waals surface area contributed by atoms with Crippen molar-refractivity contribution in [3.63, 3.8) is 0 Å². The molecule has 0 aliphatic rings. The first-order valence-electron chi connectivity index (χ1n) is 8.30. The Hall–Kier alpha value is -1.44. The molecule has 0 bridgehead atoms. The zero-order valence-corrected chi connectivity index (χ0v) is 14.1. The number of rotatable bonds is 10. The van der Waals surface area contributed by atoms with E-state index in [1.807, 2.05) is 13.0 Å². The molecule has 0 aliphatic carbocycles. The molecule has 0 heterocycles. The van der Waals surface area contributed by atoms with Crippen LogP contribution in [0.15, 0.2) is 36.6 Å². The number of hydrogen-bond acceptors (Lipinski definition) is 2. The molecular formula is C19H31NO. The van der Waals surface area contributed by atoms with E-state index in [1.165, 1.54) is 24.1 Å². The molecule has 1 unspecified atom stereocenters. The second-order valence-electron chi connectivity index (χ2n) is 5.61. The average molecular weight is 289 g/mol. The molecule has 118 valence electrons. The van der Waals surface area contributed by atoms with E-state index in [2.05, 4.69) is 49.9 Å². The normalized spacial score (nSPS) is 12.6. The molecule has 0 saturated carbocycles. The van der Waals surface area contributed by atoms with E-state index in [4.69, 9.17) is 4.74 Å². The summed E-state index contributed by atoms with van der Waals surface area (Å²) in [5.74, 6) is 0.537. The van der Waals surface area contributed by atoms with Crippen molar-refractivity contribution in [2.75, 3.05) is 24.6 Å². The Labute approximate surface area is 130 Å². The van der Waals surface area contributed by atoms with Crippen molar-refractivity contribution in [1.82, 2.24) is 0 Å². The molecule has 1 rings (SSSR count). The van der Waals surface area contributed by atoms with Crippen molar-refractivity contribution in [2.45, 2.75) is 52.9 Å². The molecule has 0 fully saturated rings.